The van der Waals surface area contributed by atoms with E-state index in [0.717, 1.165) is 0 Å². The molecule has 0 aliphatic heterocycles. The van der Waals surface area contributed by atoms with Gasteiger partial charge in [0.25, 0.3) is 0 Å². The van der Waals surface area contributed by atoms with Gasteiger partial charge in [-0.2, -0.15) is 0 Å². The zero-order valence-electron chi connectivity index (χ0n) is 16.5. The van der Waals surface area contributed by atoms with Crippen molar-refractivity contribution in [3.63, 3.8) is 0 Å². The Bertz CT molecular complexity index is 192. The van der Waals surface area contributed by atoms with E-state index in [2.05, 4.69) is 27.7 Å². The zero-order valence-corrected chi connectivity index (χ0v) is 16.5. The molecule has 0 aromatic heterocycles. The Kier molecular flexibility index (Phi) is 15.9. The van der Waals surface area contributed by atoms with Gasteiger partial charge >= 0.3 is 0 Å². The van der Waals surface area contributed by atoms with Crippen LogP contribution < -0.4 is 0 Å². The normalized spacial score (nSPS) is 12.0. The van der Waals surface area contributed by atoms with Gasteiger partial charge in [0.2, 0.25) is 0 Å². The largest absolute Gasteiger partial charge is 0.0654 e. The summed E-state index contributed by atoms with van der Waals surface area (Å²) in [6.07, 6.45) is 24.6. The van der Waals surface area contributed by atoms with Crippen molar-refractivity contribution in [2.24, 2.45) is 5.41 Å². The second kappa shape index (κ2) is 15.9. The molecule has 0 heteroatoms. The van der Waals surface area contributed by atoms with Gasteiger partial charge < -0.3 is 0 Å². The maximum absolute atomic E-state index is 2.60. The summed E-state index contributed by atoms with van der Waals surface area (Å²) in [5.74, 6) is 0. The molecular formula is C22H46. The van der Waals surface area contributed by atoms with Crippen LogP contribution in [-0.4, -0.2) is 0 Å². The van der Waals surface area contributed by atoms with Crippen molar-refractivity contribution in [2.45, 2.75) is 137 Å². The summed E-state index contributed by atoms with van der Waals surface area (Å²) < 4.78 is 0. The topological polar surface area (TPSA) is 0 Å². The molecule has 0 amide bonds. The van der Waals surface area contributed by atoms with Crippen molar-refractivity contribution >= 4 is 0 Å². The number of hydrogen-bond acceptors (Lipinski definition) is 0. The van der Waals surface area contributed by atoms with Gasteiger partial charge in [-0.15, -0.1) is 0 Å². The molecule has 0 aromatic rings. The SMILES string of the molecule is CCCCCCCC(C)(CCCCCC)CCCCCCC. The third-order valence-corrected chi connectivity index (χ3v) is 5.40. The minimum atomic E-state index is 0.645. The molecule has 0 nitrogen and oxygen atoms in total. The van der Waals surface area contributed by atoms with E-state index in [0.29, 0.717) is 5.41 Å². The van der Waals surface area contributed by atoms with Crippen LogP contribution in [0.15, 0.2) is 0 Å². The van der Waals surface area contributed by atoms with Gasteiger partial charge in [-0.3, -0.25) is 0 Å². The predicted molar refractivity (Wildman–Crippen MR) is 104 cm³/mol. The average Bonchev–Trinajstić information content (AvgIpc) is 2.51. The van der Waals surface area contributed by atoms with Crippen molar-refractivity contribution in [1.29, 1.82) is 0 Å². The maximum Gasteiger partial charge on any atom is -0.0326 e. The summed E-state index contributed by atoms with van der Waals surface area (Å²) in [5, 5.41) is 0. The van der Waals surface area contributed by atoms with Crippen LogP contribution in [0.4, 0.5) is 0 Å². The van der Waals surface area contributed by atoms with E-state index in [1.807, 2.05) is 0 Å². The Morgan fingerprint density at radius 3 is 1.00 bits per heavy atom. The Hall–Kier alpha value is 0. The first-order valence-electron chi connectivity index (χ1n) is 10.7. The van der Waals surface area contributed by atoms with E-state index in [1.54, 1.807) is 0 Å². The molecule has 134 valence electrons. The van der Waals surface area contributed by atoms with Crippen molar-refractivity contribution in [3.8, 4) is 0 Å². The van der Waals surface area contributed by atoms with Crippen LogP contribution in [0.1, 0.15) is 137 Å². The molecule has 0 rings (SSSR count). The summed E-state index contributed by atoms with van der Waals surface area (Å²) in [6.45, 7) is 9.54. The van der Waals surface area contributed by atoms with Gasteiger partial charge in [0.05, 0.1) is 0 Å². The van der Waals surface area contributed by atoms with Crippen LogP contribution >= 0.6 is 0 Å². The second-order valence-corrected chi connectivity index (χ2v) is 7.95. The molecular weight excluding hydrogens is 264 g/mol. The van der Waals surface area contributed by atoms with E-state index >= 15 is 0 Å². The number of hydrogen-bond donors (Lipinski definition) is 0. The van der Waals surface area contributed by atoms with Gasteiger partial charge in [-0.05, 0) is 24.7 Å². The van der Waals surface area contributed by atoms with Crippen LogP contribution in [0.25, 0.3) is 0 Å². The summed E-state index contributed by atoms with van der Waals surface area (Å²) in [4.78, 5) is 0. The van der Waals surface area contributed by atoms with E-state index in [-0.39, 0.29) is 0 Å². The fraction of sp³-hybridized carbons (Fsp3) is 1.00. The van der Waals surface area contributed by atoms with Gasteiger partial charge in [0.15, 0.2) is 0 Å². The highest BCUT2D eigenvalue weighted by molar-refractivity contribution is 4.75. The highest BCUT2D eigenvalue weighted by Gasteiger charge is 2.22. The predicted octanol–water partition coefficient (Wildman–Crippen LogP) is 8.68. The van der Waals surface area contributed by atoms with Gasteiger partial charge in [0.1, 0.15) is 0 Å². The summed E-state index contributed by atoms with van der Waals surface area (Å²) in [7, 11) is 0. The van der Waals surface area contributed by atoms with Crippen LogP contribution in [-0.2, 0) is 0 Å². The molecule has 22 heavy (non-hydrogen) atoms. The first-order valence-corrected chi connectivity index (χ1v) is 10.7. The van der Waals surface area contributed by atoms with Crippen molar-refractivity contribution in [1.82, 2.24) is 0 Å². The number of rotatable bonds is 17. The van der Waals surface area contributed by atoms with Gasteiger partial charge in [-0.25, -0.2) is 0 Å². The smallest absolute Gasteiger partial charge is 0.0326 e. The molecule has 0 bridgehead atoms. The van der Waals surface area contributed by atoms with Gasteiger partial charge in [-0.1, -0.05) is 118 Å². The lowest BCUT2D eigenvalue weighted by Gasteiger charge is -2.30. The highest BCUT2D eigenvalue weighted by Crippen LogP contribution is 2.36. The molecule has 0 saturated heterocycles. The summed E-state index contributed by atoms with van der Waals surface area (Å²) >= 11 is 0. The Morgan fingerprint density at radius 1 is 0.409 bits per heavy atom. The van der Waals surface area contributed by atoms with E-state index in [1.165, 1.54) is 109 Å². The quantitative estimate of drug-likeness (QED) is 0.236. The highest BCUT2D eigenvalue weighted by atomic mass is 14.3. The van der Waals surface area contributed by atoms with E-state index < -0.39 is 0 Å². The summed E-state index contributed by atoms with van der Waals surface area (Å²) in [6, 6.07) is 0. The molecule has 0 aliphatic rings. The molecule has 0 aliphatic carbocycles. The molecule has 0 N–H and O–H groups in total. The Balaban J connectivity index is 3.99. The van der Waals surface area contributed by atoms with Gasteiger partial charge in [0, 0.05) is 0 Å². The lowest BCUT2D eigenvalue weighted by molar-refractivity contribution is 0.222. The van der Waals surface area contributed by atoms with E-state index in [9.17, 15) is 0 Å². The first-order chi connectivity index (χ1) is 10.7. The van der Waals surface area contributed by atoms with Crippen molar-refractivity contribution in [3.05, 3.63) is 0 Å². The third kappa shape index (κ3) is 13.6. The fourth-order valence-electron chi connectivity index (χ4n) is 3.66. The molecule has 0 radical (unpaired) electrons. The fourth-order valence-corrected chi connectivity index (χ4v) is 3.66. The zero-order chi connectivity index (χ0) is 16.5. The molecule has 0 spiro atoms. The number of unbranched alkanes of at least 4 members (excludes halogenated alkanes) is 11. The monoisotopic (exact) mass is 310 g/mol. The first kappa shape index (κ1) is 22.0. The Morgan fingerprint density at radius 2 is 0.682 bits per heavy atom. The molecule has 0 saturated carbocycles. The van der Waals surface area contributed by atoms with Crippen LogP contribution in [0.5, 0.6) is 0 Å². The molecule has 0 atom stereocenters. The lowest BCUT2D eigenvalue weighted by Crippen LogP contribution is -2.16. The van der Waals surface area contributed by atoms with Crippen LogP contribution in [0, 0.1) is 5.41 Å². The lowest BCUT2D eigenvalue weighted by atomic mass is 9.76. The maximum atomic E-state index is 2.60. The average molecular weight is 311 g/mol. The molecule has 0 heterocycles. The molecule has 0 aromatic carbocycles. The van der Waals surface area contributed by atoms with Crippen molar-refractivity contribution in [2.75, 3.05) is 0 Å². The summed E-state index contributed by atoms with van der Waals surface area (Å²) in [5.41, 5.74) is 0.645. The second-order valence-electron chi connectivity index (χ2n) is 7.95. The van der Waals surface area contributed by atoms with Crippen LogP contribution in [0.2, 0.25) is 0 Å². The van der Waals surface area contributed by atoms with Crippen LogP contribution in [0.3, 0.4) is 0 Å². The minimum Gasteiger partial charge on any atom is -0.0654 e. The third-order valence-electron chi connectivity index (χ3n) is 5.40. The standard InChI is InChI=1S/C22H46/c1-5-8-11-14-17-20-22(4,19-16-13-10-7-3)21-18-15-12-9-6-2/h5-21H2,1-4H3. The minimum absolute atomic E-state index is 0.645. The van der Waals surface area contributed by atoms with E-state index in [4.69, 9.17) is 0 Å². The van der Waals surface area contributed by atoms with Crippen molar-refractivity contribution < 1.29 is 0 Å². The Labute approximate surface area is 142 Å². The molecule has 0 unspecified atom stereocenters. The molecule has 0 fully saturated rings.